The first-order chi connectivity index (χ1) is 35.7. The number of pyridine rings is 2. The van der Waals surface area contributed by atoms with Crippen LogP contribution in [0, 0.1) is 0 Å². The van der Waals surface area contributed by atoms with Gasteiger partial charge in [-0.05, 0) is 111 Å². The molecule has 10 aromatic rings. The van der Waals surface area contributed by atoms with Crippen molar-refractivity contribution in [1.29, 1.82) is 0 Å². The highest BCUT2D eigenvalue weighted by Crippen LogP contribution is 2.42. The summed E-state index contributed by atoms with van der Waals surface area (Å²) in [5.41, 5.74) is 6.59. The molecule has 3 aliphatic rings. The van der Waals surface area contributed by atoms with Gasteiger partial charge in [0, 0.05) is 87.9 Å². The Balaban J connectivity index is 0.000000153. The van der Waals surface area contributed by atoms with E-state index in [1.807, 2.05) is 48.5 Å². The van der Waals surface area contributed by atoms with E-state index < -0.39 is 10.0 Å². The van der Waals surface area contributed by atoms with Crippen molar-refractivity contribution in [3.05, 3.63) is 125 Å². The Kier molecular flexibility index (Phi) is 12.6. The number of benzene rings is 4. The molecule has 6 aromatic heterocycles. The van der Waals surface area contributed by atoms with Crippen LogP contribution in [-0.2, 0) is 37.4 Å². The molecule has 73 heavy (non-hydrogen) atoms. The van der Waals surface area contributed by atoms with Crippen LogP contribution < -0.4 is 14.3 Å². The third kappa shape index (κ3) is 9.73. The minimum atomic E-state index is -3.71. The van der Waals surface area contributed by atoms with Crippen molar-refractivity contribution < 1.29 is 41.1 Å². The number of nitrogens with zero attached hydrogens (tertiary/aromatic N) is 7. The summed E-state index contributed by atoms with van der Waals surface area (Å²) in [6.45, 7) is 2.62. The van der Waals surface area contributed by atoms with Crippen molar-refractivity contribution in [2.24, 2.45) is 0 Å². The molecule has 3 fully saturated rings. The third-order valence-corrected chi connectivity index (χ3v) is 14.5. The van der Waals surface area contributed by atoms with Gasteiger partial charge in [-0.25, -0.2) is 23.4 Å². The standard InChI is InChI=1S/C28H28N6O6S.C24H19ClN4O3/c1-37-16-22-25-21-14-19(39-18-4-7-20(8-5-18)41(35,36)33-34-10-12-38-13-11-34)6-9-23(21)30-24(25)15-29-26(22)28-31-27(32-40-28)17-2-3-17;1-30-12-18-21-17-10-16(31-15-6-4-14(25)5-7-15)8-9-19(17)27-20(21)11-26-22(18)24-28-23(29-32-24)13-2-3-13/h4-9,14-15,17,30,33H,2-3,10-13,16H2,1H3;4-11,13,27H,2-3,12H2,1H3. The summed E-state index contributed by atoms with van der Waals surface area (Å²) < 4.78 is 65.3. The van der Waals surface area contributed by atoms with Crippen LogP contribution in [0.1, 0.15) is 60.3 Å². The summed E-state index contributed by atoms with van der Waals surface area (Å²) in [5.74, 6) is 5.57. The molecule has 4 aromatic carbocycles. The zero-order chi connectivity index (χ0) is 49.6. The molecule has 13 rings (SSSR count). The van der Waals surface area contributed by atoms with Crippen LogP contribution in [-0.4, -0.2) is 94.2 Å². The van der Waals surface area contributed by atoms with Gasteiger partial charge in [0.25, 0.3) is 21.8 Å². The first-order valence-corrected chi connectivity index (χ1v) is 25.6. The van der Waals surface area contributed by atoms with Crippen LogP contribution in [0.2, 0.25) is 5.02 Å². The lowest BCUT2D eigenvalue weighted by Gasteiger charge is -2.26. The predicted molar refractivity (Wildman–Crippen MR) is 270 cm³/mol. The van der Waals surface area contributed by atoms with Gasteiger partial charge in [-0.2, -0.15) is 9.97 Å². The number of hydrazine groups is 1. The monoisotopic (exact) mass is 1020 g/mol. The highest BCUT2D eigenvalue weighted by molar-refractivity contribution is 7.89. The molecule has 1 aliphatic heterocycles. The second kappa shape index (κ2) is 19.6. The number of aromatic nitrogens is 8. The Morgan fingerprint density at radius 3 is 1.58 bits per heavy atom. The van der Waals surface area contributed by atoms with Crippen LogP contribution in [0.5, 0.6) is 23.0 Å². The lowest BCUT2D eigenvalue weighted by Crippen LogP contribution is -2.48. The number of ether oxygens (including phenoxy) is 5. The minimum absolute atomic E-state index is 0.151. The fraction of sp³-hybridized carbons (Fsp3) is 0.269. The van der Waals surface area contributed by atoms with E-state index in [0.29, 0.717) is 96.8 Å². The molecular formula is C52H47ClN10O9S. The van der Waals surface area contributed by atoms with Gasteiger partial charge in [-0.1, -0.05) is 21.9 Å². The van der Waals surface area contributed by atoms with E-state index in [1.165, 1.54) is 12.1 Å². The molecule has 0 unspecified atom stereocenters. The lowest BCUT2D eigenvalue weighted by molar-refractivity contribution is 0.0272. The highest BCUT2D eigenvalue weighted by Gasteiger charge is 2.32. The number of hydrogen-bond donors (Lipinski definition) is 3. The van der Waals surface area contributed by atoms with Gasteiger partial charge >= 0.3 is 0 Å². The van der Waals surface area contributed by atoms with Gasteiger partial charge in [0.2, 0.25) is 0 Å². The zero-order valence-corrected chi connectivity index (χ0v) is 41.1. The molecule has 2 aliphatic carbocycles. The van der Waals surface area contributed by atoms with E-state index >= 15 is 0 Å². The molecule has 2 saturated carbocycles. The predicted octanol–water partition coefficient (Wildman–Crippen LogP) is 10.3. The Morgan fingerprint density at radius 1 is 0.644 bits per heavy atom. The lowest BCUT2D eigenvalue weighted by atomic mass is 10.1. The molecule has 0 radical (unpaired) electrons. The first kappa shape index (κ1) is 46.8. The molecule has 0 spiro atoms. The van der Waals surface area contributed by atoms with E-state index in [2.05, 4.69) is 45.0 Å². The maximum atomic E-state index is 12.8. The van der Waals surface area contributed by atoms with E-state index in [4.69, 9.17) is 44.3 Å². The number of aromatic amines is 2. The second-order valence-electron chi connectivity index (χ2n) is 18.1. The second-order valence-corrected chi connectivity index (χ2v) is 20.2. The number of morpholine rings is 1. The normalized spacial score (nSPS) is 15.3. The van der Waals surface area contributed by atoms with Crippen molar-refractivity contribution in [3.8, 4) is 46.2 Å². The molecule has 0 bridgehead atoms. The van der Waals surface area contributed by atoms with Gasteiger partial charge in [-0.3, -0.25) is 0 Å². The molecule has 19 nitrogen and oxygen atoms in total. The molecule has 1 saturated heterocycles. The average molecular weight is 1020 g/mol. The van der Waals surface area contributed by atoms with Crippen LogP contribution in [0.15, 0.2) is 111 Å². The number of nitrogens with one attached hydrogen (secondary N) is 3. The number of halogens is 1. The van der Waals surface area contributed by atoms with Crippen LogP contribution in [0.25, 0.3) is 66.8 Å². The third-order valence-electron chi connectivity index (χ3n) is 12.8. The van der Waals surface area contributed by atoms with E-state index in [0.717, 1.165) is 97.8 Å². The van der Waals surface area contributed by atoms with Crippen LogP contribution >= 0.6 is 11.6 Å². The van der Waals surface area contributed by atoms with Gasteiger partial charge < -0.3 is 42.7 Å². The molecule has 21 heteroatoms. The highest BCUT2D eigenvalue weighted by atomic mass is 35.5. The number of hydrogen-bond acceptors (Lipinski definition) is 16. The fourth-order valence-electron chi connectivity index (χ4n) is 8.96. The summed E-state index contributed by atoms with van der Waals surface area (Å²) in [6, 6.07) is 25.3. The number of methoxy groups -OCH3 is 2. The van der Waals surface area contributed by atoms with E-state index in [1.54, 1.807) is 55.9 Å². The van der Waals surface area contributed by atoms with Crippen molar-refractivity contribution in [3.63, 3.8) is 0 Å². The number of H-pyrrole nitrogens is 2. The Hall–Kier alpha value is -7.30. The first-order valence-electron chi connectivity index (χ1n) is 23.8. The molecule has 0 amide bonds. The van der Waals surface area contributed by atoms with Gasteiger partial charge in [0.05, 0.1) is 54.8 Å². The summed E-state index contributed by atoms with van der Waals surface area (Å²) in [6.07, 6.45) is 7.92. The summed E-state index contributed by atoms with van der Waals surface area (Å²) in [4.78, 5) is 28.1. The van der Waals surface area contributed by atoms with Crippen molar-refractivity contribution >= 4 is 65.2 Å². The van der Waals surface area contributed by atoms with Crippen molar-refractivity contribution in [2.45, 2.75) is 55.6 Å². The molecular weight excluding hydrogens is 976 g/mol. The minimum Gasteiger partial charge on any atom is -0.457 e. The summed E-state index contributed by atoms with van der Waals surface area (Å²) in [5, 5.41) is 14.5. The van der Waals surface area contributed by atoms with Crippen molar-refractivity contribution in [1.82, 2.24) is 50.1 Å². The van der Waals surface area contributed by atoms with Gasteiger partial charge in [0.1, 0.15) is 34.4 Å². The Bertz CT molecular complexity index is 3750. The zero-order valence-electron chi connectivity index (χ0n) is 39.6. The summed E-state index contributed by atoms with van der Waals surface area (Å²) >= 11 is 5.98. The molecule has 0 atom stereocenters. The van der Waals surface area contributed by atoms with Crippen LogP contribution in [0.3, 0.4) is 0 Å². The maximum absolute atomic E-state index is 12.8. The topological polar surface area (TPSA) is 231 Å². The maximum Gasteiger partial charge on any atom is 0.276 e. The van der Waals surface area contributed by atoms with E-state index in [9.17, 15) is 8.42 Å². The SMILES string of the molecule is COCc1c(-c2nc(C3CC3)no2)ncc2[nH]c3ccc(Oc4ccc(Cl)cc4)cc3c12.COCc1c(-c2nc(C3CC3)no2)ncc2[nH]c3ccc(Oc4ccc(S(=O)(=O)NN5CCOCC5)cc4)cc3c12. The molecule has 3 N–H and O–H groups in total. The number of fused-ring (bicyclic) bond motifs is 6. The molecule has 7 heterocycles. The van der Waals surface area contributed by atoms with Gasteiger partial charge in [0.15, 0.2) is 11.6 Å². The van der Waals surface area contributed by atoms with Crippen molar-refractivity contribution in [2.75, 3.05) is 40.5 Å². The van der Waals surface area contributed by atoms with E-state index in [-0.39, 0.29) is 4.90 Å². The number of sulfonamides is 1. The van der Waals surface area contributed by atoms with Gasteiger partial charge in [-0.15, -0.1) is 4.83 Å². The molecule has 372 valence electrons. The smallest absolute Gasteiger partial charge is 0.276 e. The Labute approximate surface area is 422 Å². The Morgan fingerprint density at radius 2 is 1.11 bits per heavy atom. The fourth-order valence-corrected chi connectivity index (χ4v) is 10.2. The average Bonchev–Trinajstić information content (AvgIpc) is 4.24. The quantitative estimate of drug-likeness (QED) is 0.0867. The largest absolute Gasteiger partial charge is 0.457 e. The summed E-state index contributed by atoms with van der Waals surface area (Å²) in [7, 11) is -0.409. The van der Waals surface area contributed by atoms with Crippen LogP contribution in [0.4, 0.5) is 0 Å². The number of rotatable bonds is 15.